The second-order valence-electron chi connectivity index (χ2n) is 3.52. The normalized spacial score (nSPS) is 21.1. The highest BCUT2D eigenvalue weighted by Gasteiger charge is 2.27. The van der Waals surface area contributed by atoms with Crippen molar-refractivity contribution in [3.63, 3.8) is 0 Å². The standard InChI is InChI=1S/C9H16N2O3/c1-2-3-7-6-11(9(14)10-7)5-4-8(12)13/h7H,2-6H2,1H3,(H,10,14)(H,12,13). The number of carboxylic acid groups (broad SMARTS) is 1. The molecule has 14 heavy (non-hydrogen) atoms. The lowest BCUT2D eigenvalue weighted by Gasteiger charge is -2.12. The van der Waals surface area contributed by atoms with Gasteiger partial charge in [0.1, 0.15) is 0 Å². The summed E-state index contributed by atoms with van der Waals surface area (Å²) in [5.74, 6) is -0.864. The molecule has 0 aromatic heterocycles. The van der Waals surface area contributed by atoms with E-state index in [1.807, 2.05) is 0 Å². The van der Waals surface area contributed by atoms with Crippen molar-refractivity contribution in [1.82, 2.24) is 10.2 Å². The third-order valence-electron chi connectivity index (χ3n) is 2.29. The first kappa shape index (κ1) is 10.8. The van der Waals surface area contributed by atoms with Crippen LogP contribution in [0.4, 0.5) is 4.79 Å². The second kappa shape index (κ2) is 4.83. The van der Waals surface area contributed by atoms with Gasteiger partial charge in [0.15, 0.2) is 0 Å². The molecule has 0 aromatic rings. The molecule has 0 saturated carbocycles. The third-order valence-corrected chi connectivity index (χ3v) is 2.29. The Labute approximate surface area is 83.1 Å². The van der Waals surface area contributed by atoms with E-state index >= 15 is 0 Å². The Hall–Kier alpha value is -1.26. The molecular formula is C9H16N2O3. The van der Waals surface area contributed by atoms with E-state index in [9.17, 15) is 9.59 Å². The molecule has 0 aliphatic carbocycles. The van der Waals surface area contributed by atoms with Crippen LogP contribution in [0, 0.1) is 0 Å². The summed E-state index contributed by atoms with van der Waals surface area (Å²) < 4.78 is 0. The van der Waals surface area contributed by atoms with Gasteiger partial charge in [0.2, 0.25) is 0 Å². The van der Waals surface area contributed by atoms with Gasteiger partial charge in [-0.3, -0.25) is 4.79 Å². The van der Waals surface area contributed by atoms with Gasteiger partial charge in [0.25, 0.3) is 0 Å². The minimum Gasteiger partial charge on any atom is -0.481 e. The van der Waals surface area contributed by atoms with Crippen LogP contribution >= 0.6 is 0 Å². The molecule has 1 saturated heterocycles. The average molecular weight is 200 g/mol. The number of carboxylic acids is 1. The van der Waals surface area contributed by atoms with Crippen molar-refractivity contribution in [2.24, 2.45) is 0 Å². The first-order valence-electron chi connectivity index (χ1n) is 4.90. The number of nitrogens with one attached hydrogen (secondary N) is 1. The zero-order chi connectivity index (χ0) is 10.6. The van der Waals surface area contributed by atoms with Crippen molar-refractivity contribution in [1.29, 1.82) is 0 Å². The smallest absolute Gasteiger partial charge is 0.317 e. The Morgan fingerprint density at radius 3 is 3.00 bits per heavy atom. The van der Waals surface area contributed by atoms with Gasteiger partial charge in [-0.25, -0.2) is 4.79 Å². The Bertz CT molecular complexity index is 230. The second-order valence-corrected chi connectivity index (χ2v) is 3.52. The van der Waals surface area contributed by atoms with Crippen LogP contribution in [0.2, 0.25) is 0 Å². The Kier molecular flexibility index (Phi) is 3.73. The number of hydrogen-bond acceptors (Lipinski definition) is 2. The molecule has 1 fully saturated rings. The molecule has 1 heterocycles. The van der Waals surface area contributed by atoms with Crippen LogP contribution in [0.5, 0.6) is 0 Å². The fourth-order valence-corrected chi connectivity index (χ4v) is 1.60. The molecule has 80 valence electrons. The van der Waals surface area contributed by atoms with Crippen molar-refractivity contribution in [2.45, 2.75) is 32.2 Å². The zero-order valence-electron chi connectivity index (χ0n) is 8.32. The van der Waals surface area contributed by atoms with Gasteiger partial charge >= 0.3 is 12.0 Å². The van der Waals surface area contributed by atoms with Gasteiger partial charge in [-0.15, -0.1) is 0 Å². The van der Waals surface area contributed by atoms with Gasteiger partial charge < -0.3 is 15.3 Å². The van der Waals surface area contributed by atoms with Gasteiger partial charge in [0.05, 0.1) is 6.42 Å². The monoisotopic (exact) mass is 200 g/mol. The van der Waals surface area contributed by atoms with Crippen molar-refractivity contribution < 1.29 is 14.7 Å². The first-order chi connectivity index (χ1) is 6.63. The van der Waals surface area contributed by atoms with E-state index in [0.717, 1.165) is 12.8 Å². The Morgan fingerprint density at radius 2 is 2.43 bits per heavy atom. The van der Waals surface area contributed by atoms with Crippen molar-refractivity contribution in [3.8, 4) is 0 Å². The summed E-state index contributed by atoms with van der Waals surface area (Å²) in [4.78, 5) is 23.2. The molecule has 0 radical (unpaired) electrons. The molecule has 1 unspecified atom stereocenters. The molecule has 2 N–H and O–H groups in total. The number of nitrogens with zero attached hydrogens (tertiary/aromatic N) is 1. The maximum atomic E-state index is 11.3. The lowest BCUT2D eigenvalue weighted by atomic mass is 10.2. The molecule has 1 aliphatic rings. The largest absolute Gasteiger partial charge is 0.481 e. The summed E-state index contributed by atoms with van der Waals surface area (Å²) in [6.45, 7) is 3.01. The number of carbonyl (C=O) groups excluding carboxylic acids is 1. The molecule has 2 amide bonds. The number of rotatable bonds is 5. The quantitative estimate of drug-likeness (QED) is 0.684. The SMILES string of the molecule is CCCC1CN(CCC(=O)O)C(=O)N1. The highest BCUT2D eigenvalue weighted by molar-refractivity contribution is 5.77. The third kappa shape index (κ3) is 2.90. The maximum Gasteiger partial charge on any atom is 0.317 e. The van der Waals surface area contributed by atoms with Crippen LogP contribution < -0.4 is 5.32 Å². The fourth-order valence-electron chi connectivity index (χ4n) is 1.60. The number of hydrogen-bond donors (Lipinski definition) is 2. The van der Waals surface area contributed by atoms with Gasteiger partial charge in [-0.1, -0.05) is 13.3 Å². The number of urea groups is 1. The van der Waals surface area contributed by atoms with Crippen molar-refractivity contribution in [3.05, 3.63) is 0 Å². The van der Waals surface area contributed by atoms with E-state index in [-0.39, 0.29) is 18.5 Å². The molecule has 1 rings (SSSR count). The minimum absolute atomic E-state index is 0.0201. The summed E-state index contributed by atoms with van der Waals surface area (Å²) in [5, 5.41) is 11.3. The molecule has 0 spiro atoms. The lowest BCUT2D eigenvalue weighted by Crippen LogP contribution is -2.30. The zero-order valence-corrected chi connectivity index (χ0v) is 8.32. The maximum absolute atomic E-state index is 11.3. The molecule has 5 nitrogen and oxygen atoms in total. The van der Waals surface area contributed by atoms with Gasteiger partial charge in [-0.05, 0) is 6.42 Å². The highest BCUT2D eigenvalue weighted by Crippen LogP contribution is 2.09. The lowest BCUT2D eigenvalue weighted by molar-refractivity contribution is -0.137. The van der Waals surface area contributed by atoms with Crippen LogP contribution in [0.15, 0.2) is 0 Å². The predicted molar refractivity (Wildman–Crippen MR) is 51.1 cm³/mol. The van der Waals surface area contributed by atoms with E-state index in [2.05, 4.69) is 12.2 Å². The van der Waals surface area contributed by atoms with E-state index in [0.29, 0.717) is 13.1 Å². The average Bonchev–Trinajstić information content (AvgIpc) is 2.44. The van der Waals surface area contributed by atoms with Crippen LogP contribution in [0.25, 0.3) is 0 Å². The Balaban J connectivity index is 2.33. The van der Waals surface area contributed by atoms with Gasteiger partial charge in [0, 0.05) is 19.1 Å². The van der Waals surface area contributed by atoms with Crippen molar-refractivity contribution >= 4 is 12.0 Å². The van der Waals surface area contributed by atoms with Crippen LogP contribution in [0.3, 0.4) is 0 Å². The number of aliphatic carboxylic acids is 1. The van der Waals surface area contributed by atoms with E-state index < -0.39 is 5.97 Å². The summed E-state index contributed by atoms with van der Waals surface area (Å²) in [5.41, 5.74) is 0. The van der Waals surface area contributed by atoms with Crippen LogP contribution in [-0.4, -0.2) is 41.1 Å². The van der Waals surface area contributed by atoms with Gasteiger partial charge in [-0.2, -0.15) is 0 Å². The van der Waals surface area contributed by atoms with E-state index in [1.165, 1.54) is 0 Å². The summed E-state index contributed by atoms with van der Waals surface area (Å²) in [6.07, 6.45) is 2.00. The molecule has 1 aliphatic heterocycles. The first-order valence-corrected chi connectivity index (χ1v) is 4.90. The summed E-state index contributed by atoms with van der Waals surface area (Å²) >= 11 is 0. The van der Waals surface area contributed by atoms with Crippen LogP contribution in [0.1, 0.15) is 26.2 Å². The van der Waals surface area contributed by atoms with Crippen LogP contribution in [-0.2, 0) is 4.79 Å². The molecule has 1 atom stereocenters. The summed E-state index contributed by atoms with van der Waals surface area (Å²) in [6, 6.07) is 0.0611. The number of amides is 2. The topological polar surface area (TPSA) is 69.6 Å². The molecule has 0 aromatic carbocycles. The number of carbonyl (C=O) groups is 2. The Morgan fingerprint density at radius 1 is 1.71 bits per heavy atom. The fraction of sp³-hybridized carbons (Fsp3) is 0.778. The minimum atomic E-state index is -0.864. The molecular weight excluding hydrogens is 184 g/mol. The van der Waals surface area contributed by atoms with Crippen molar-refractivity contribution in [2.75, 3.05) is 13.1 Å². The molecule has 0 bridgehead atoms. The van der Waals surface area contributed by atoms with E-state index in [1.54, 1.807) is 4.90 Å². The molecule has 5 heteroatoms. The van der Waals surface area contributed by atoms with E-state index in [4.69, 9.17) is 5.11 Å². The predicted octanol–water partition coefficient (Wildman–Crippen LogP) is 0.655. The highest BCUT2D eigenvalue weighted by atomic mass is 16.4. The summed E-state index contributed by atoms with van der Waals surface area (Å²) in [7, 11) is 0.